The Morgan fingerprint density at radius 3 is 2.00 bits per heavy atom. The van der Waals surface area contributed by atoms with Crippen LogP contribution >= 0.6 is 0 Å². The summed E-state index contributed by atoms with van der Waals surface area (Å²) < 4.78 is 39.2. The number of aliphatic hydroxyl groups excluding tert-OH is 12. The van der Waals surface area contributed by atoms with Crippen LogP contribution in [0.15, 0.2) is 0 Å². The second-order valence-corrected chi connectivity index (χ2v) is 13.4. The van der Waals surface area contributed by atoms with E-state index in [1.165, 1.54) is 6.92 Å². The van der Waals surface area contributed by atoms with E-state index in [9.17, 15) is 76.0 Å². The van der Waals surface area contributed by atoms with Gasteiger partial charge in [-0.25, -0.2) is 4.79 Å². The highest BCUT2D eigenvalue weighted by Gasteiger charge is 2.60. The summed E-state index contributed by atoms with van der Waals surface area (Å²) in [5.74, 6) is -5.85. The highest BCUT2D eigenvalue weighted by molar-refractivity contribution is 5.76. The maximum absolute atomic E-state index is 12.8. The Hall–Kier alpha value is -1.86. The van der Waals surface area contributed by atoms with E-state index in [1.807, 2.05) is 0 Å². The van der Waals surface area contributed by atoms with Crippen LogP contribution < -0.4 is 11.1 Å². The molecule has 53 heavy (non-hydrogen) atoms. The summed E-state index contributed by atoms with van der Waals surface area (Å²) in [6, 6.07) is -3.14. The minimum atomic E-state index is -3.08. The standard InChI is InChI=1S/C29H50N2O22/c1-7-15(38)18(41)19(42)26(47-7)51-22-13(30)25(44)48-12(6-34)21(22)50-27-20(43)24(17(40)11(5-33)49-27)53-29(28(45)46)3-9(36)14(31-8(2)35)23(52-29)16(39)10(37)4-32/h7,9-27,32-34,36-44H,3-6,30H2,1-2H3,(H,31,35)(H,45,46)/t7-,9-,10+,11+,12+,13+,14+,15+,16+,17-,18+,19-,20+,21+,22+,23+,24-,25+,26-,27-,29-/m0/s1. The number of ether oxygens (including phenoxy) is 7. The van der Waals surface area contributed by atoms with Crippen LogP contribution in [0.1, 0.15) is 20.3 Å². The molecule has 0 aromatic rings. The number of amides is 1. The highest BCUT2D eigenvalue weighted by Crippen LogP contribution is 2.39. The molecule has 4 aliphatic heterocycles. The zero-order valence-electron chi connectivity index (χ0n) is 28.4. The van der Waals surface area contributed by atoms with Crippen molar-refractivity contribution < 1.29 is 109 Å². The number of carbonyl (C=O) groups is 2. The van der Waals surface area contributed by atoms with Crippen molar-refractivity contribution in [2.45, 2.75) is 149 Å². The molecule has 0 aliphatic carbocycles. The topological polar surface area (TPSA) is 400 Å². The predicted octanol–water partition coefficient (Wildman–Crippen LogP) is -9.41. The lowest BCUT2D eigenvalue weighted by molar-refractivity contribution is -0.389. The summed E-state index contributed by atoms with van der Waals surface area (Å²) in [5, 5.41) is 138. The molecule has 21 atom stereocenters. The average molecular weight is 779 g/mol. The van der Waals surface area contributed by atoms with Crippen molar-refractivity contribution in [2.75, 3.05) is 19.8 Å². The number of aliphatic carboxylic acids is 1. The lowest BCUT2D eigenvalue weighted by Gasteiger charge is -2.51. The number of hydrogen-bond acceptors (Lipinski definition) is 22. The third-order valence-corrected chi connectivity index (χ3v) is 9.62. The lowest BCUT2D eigenvalue weighted by atomic mass is 9.88. The third-order valence-electron chi connectivity index (χ3n) is 9.62. The van der Waals surface area contributed by atoms with Gasteiger partial charge in [-0.15, -0.1) is 0 Å². The molecular formula is C29H50N2O22. The Bertz CT molecular complexity index is 1220. The Morgan fingerprint density at radius 1 is 0.830 bits per heavy atom. The van der Waals surface area contributed by atoms with Crippen molar-refractivity contribution in [2.24, 2.45) is 5.73 Å². The number of carbonyl (C=O) groups excluding carboxylic acids is 1. The van der Waals surface area contributed by atoms with Crippen LogP contribution in [0.4, 0.5) is 0 Å². The van der Waals surface area contributed by atoms with Crippen LogP contribution in [0.3, 0.4) is 0 Å². The maximum Gasteiger partial charge on any atom is 0.364 e. The fourth-order valence-electron chi connectivity index (χ4n) is 6.63. The first-order valence-electron chi connectivity index (χ1n) is 16.7. The first-order chi connectivity index (χ1) is 24.8. The third kappa shape index (κ3) is 9.08. The molecule has 0 saturated carbocycles. The molecule has 1 amide bonds. The molecule has 16 N–H and O–H groups in total. The molecular weight excluding hydrogens is 728 g/mol. The number of rotatable bonds is 13. The second kappa shape index (κ2) is 17.9. The van der Waals surface area contributed by atoms with Gasteiger partial charge >= 0.3 is 5.97 Å². The van der Waals surface area contributed by atoms with Crippen molar-refractivity contribution in [1.29, 1.82) is 0 Å². The summed E-state index contributed by atoms with van der Waals surface area (Å²) in [7, 11) is 0. The molecule has 0 bridgehead atoms. The first kappa shape index (κ1) is 43.9. The number of nitrogens with two attached hydrogens (primary N) is 1. The van der Waals surface area contributed by atoms with Crippen LogP contribution in [0.2, 0.25) is 0 Å². The van der Waals surface area contributed by atoms with E-state index in [2.05, 4.69) is 5.32 Å². The molecule has 24 heteroatoms. The van der Waals surface area contributed by atoms with E-state index in [0.29, 0.717) is 0 Å². The van der Waals surface area contributed by atoms with Crippen molar-refractivity contribution >= 4 is 11.9 Å². The second-order valence-electron chi connectivity index (χ2n) is 13.4. The van der Waals surface area contributed by atoms with Crippen molar-refractivity contribution in [3.63, 3.8) is 0 Å². The molecule has 0 aromatic heterocycles. The summed E-state index contributed by atoms with van der Waals surface area (Å²) in [6.45, 7) is -0.629. The van der Waals surface area contributed by atoms with Gasteiger partial charge in [0.05, 0.1) is 44.1 Å². The average Bonchev–Trinajstić information content (AvgIpc) is 3.11. The molecule has 0 unspecified atom stereocenters. The van der Waals surface area contributed by atoms with Gasteiger partial charge in [-0.2, -0.15) is 0 Å². The van der Waals surface area contributed by atoms with Crippen LogP contribution in [-0.4, -0.2) is 226 Å². The van der Waals surface area contributed by atoms with Gasteiger partial charge in [0, 0.05) is 13.3 Å². The number of nitrogens with one attached hydrogen (secondary N) is 1. The molecule has 0 radical (unpaired) electrons. The van der Waals surface area contributed by atoms with E-state index < -0.39 is 166 Å². The van der Waals surface area contributed by atoms with Crippen LogP contribution in [0.5, 0.6) is 0 Å². The van der Waals surface area contributed by atoms with Gasteiger partial charge in [-0.3, -0.25) is 4.79 Å². The molecule has 24 nitrogen and oxygen atoms in total. The molecule has 4 aliphatic rings. The minimum absolute atomic E-state index is 0.770. The summed E-state index contributed by atoms with van der Waals surface area (Å²) in [5.41, 5.74) is 6.12. The van der Waals surface area contributed by atoms with Gasteiger partial charge < -0.3 is 111 Å². The minimum Gasteiger partial charge on any atom is -0.477 e. The van der Waals surface area contributed by atoms with Crippen LogP contribution in [-0.2, 0) is 42.7 Å². The zero-order chi connectivity index (χ0) is 39.7. The Kier molecular flexibility index (Phi) is 14.9. The van der Waals surface area contributed by atoms with Gasteiger partial charge in [0.2, 0.25) is 5.91 Å². The predicted molar refractivity (Wildman–Crippen MR) is 163 cm³/mol. The smallest absolute Gasteiger partial charge is 0.364 e. The summed E-state index contributed by atoms with van der Waals surface area (Å²) >= 11 is 0. The highest BCUT2D eigenvalue weighted by atomic mass is 16.8. The van der Waals surface area contributed by atoms with Gasteiger partial charge in [-0.1, -0.05) is 0 Å². The monoisotopic (exact) mass is 778 g/mol. The maximum atomic E-state index is 12.8. The fraction of sp³-hybridized carbons (Fsp3) is 0.931. The van der Waals surface area contributed by atoms with Crippen molar-refractivity contribution in [1.82, 2.24) is 5.32 Å². The number of carboxylic acid groups (broad SMARTS) is 1. The Labute approximate surface area is 300 Å². The summed E-state index contributed by atoms with van der Waals surface area (Å²) in [4.78, 5) is 24.7. The number of hydrogen-bond donors (Lipinski definition) is 15. The SMILES string of the molecule is CC(=O)N[C@H]1[C@H]([C@H](O)[C@H](O)CO)O[C@@](O[C@H]2[C@@H](O)[C@@H](CO)O[C@@H](O[C@H]3[C@H](O[C@@H]4O[C@@H](C)[C@@H](O)[C@@H](O)[C@@H]4O)[C@@H](N)[C@H](O)O[C@@H]3CO)[C@@H]2O)(C(=O)O)C[C@@H]1O. The molecule has 0 aromatic carbocycles. The Balaban J connectivity index is 1.66. The molecule has 4 fully saturated rings. The lowest BCUT2D eigenvalue weighted by Crippen LogP contribution is -2.71. The van der Waals surface area contributed by atoms with Crippen molar-refractivity contribution in [3.05, 3.63) is 0 Å². The van der Waals surface area contributed by atoms with Gasteiger partial charge in [-0.05, 0) is 6.92 Å². The molecule has 4 saturated heterocycles. The molecule has 308 valence electrons. The van der Waals surface area contributed by atoms with Gasteiger partial charge in [0.1, 0.15) is 79.4 Å². The first-order valence-corrected chi connectivity index (χ1v) is 16.7. The van der Waals surface area contributed by atoms with Crippen LogP contribution in [0, 0.1) is 0 Å². The number of carboxylic acids is 1. The van der Waals surface area contributed by atoms with E-state index in [0.717, 1.165) is 6.92 Å². The fourth-order valence-corrected chi connectivity index (χ4v) is 6.63. The largest absolute Gasteiger partial charge is 0.477 e. The van der Waals surface area contributed by atoms with E-state index in [4.69, 9.17) is 38.9 Å². The quantitative estimate of drug-likeness (QED) is 0.0825. The molecule has 4 heterocycles. The van der Waals surface area contributed by atoms with E-state index in [1.54, 1.807) is 0 Å². The molecule has 0 spiro atoms. The normalized spacial score (nSPS) is 47.8. The molecule has 4 rings (SSSR count). The van der Waals surface area contributed by atoms with E-state index in [-0.39, 0.29) is 0 Å². The van der Waals surface area contributed by atoms with Crippen molar-refractivity contribution in [3.8, 4) is 0 Å². The zero-order valence-corrected chi connectivity index (χ0v) is 28.4. The van der Waals surface area contributed by atoms with E-state index >= 15 is 0 Å². The van der Waals surface area contributed by atoms with Crippen LogP contribution in [0.25, 0.3) is 0 Å². The van der Waals surface area contributed by atoms with Gasteiger partial charge in [0.15, 0.2) is 18.9 Å². The summed E-state index contributed by atoms with van der Waals surface area (Å²) in [6.07, 6.45) is -34.1. The number of aliphatic hydroxyl groups is 12. The van der Waals surface area contributed by atoms with Gasteiger partial charge in [0.25, 0.3) is 5.79 Å². The Morgan fingerprint density at radius 2 is 1.43 bits per heavy atom.